The topological polar surface area (TPSA) is 124 Å². The van der Waals surface area contributed by atoms with Crippen LogP contribution in [0.15, 0.2) is 30.3 Å². The van der Waals surface area contributed by atoms with Crippen molar-refractivity contribution in [3.8, 4) is 0 Å². The standard InChI is InChI=1S/C16H18N6O3S/c1-16(2)11(12-18-20-21-19-12)22-14(25)9(15(22)26-16)17-13(24)10(23)8-6-4-3-5-7-8/h3-7,9-11,15,23H,1-2H3,(H,17,24)(H,18,19,20,21)/t9?,10?,11?,15-/m0/s1. The molecular formula is C16H18N6O3S. The number of amides is 2. The van der Waals surface area contributed by atoms with E-state index in [0.29, 0.717) is 11.4 Å². The van der Waals surface area contributed by atoms with Gasteiger partial charge >= 0.3 is 0 Å². The third-order valence-electron chi connectivity index (χ3n) is 4.71. The van der Waals surface area contributed by atoms with E-state index < -0.39 is 18.1 Å². The third kappa shape index (κ3) is 2.56. The van der Waals surface area contributed by atoms with Gasteiger partial charge in [0.05, 0.1) is 0 Å². The highest BCUT2D eigenvalue weighted by molar-refractivity contribution is 8.01. The Balaban J connectivity index is 1.49. The van der Waals surface area contributed by atoms with Crippen LogP contribution in [-0.2, 0) is 9.59 Å². The quantitative estimate of drug-likeness (QED) is 0.651. The van der Waals surface area contributed by atoms with E-state index in [1.54, 1.807) is 47.0 Å². The average Bonchev–Trinajstić information content (AvgIpc) is 3.23. The van der Waals surface area contributed by atoms with Gasteiger partial charge in [0.1, 0.15) is 17.5 Å². The van der Waals surface area contributed by atoms with Crippen LogP contribution in [-0.4, -0.2) is 58.6 Å². The summed E-state index contributed by atoms with van der Waals surface area (Å²) in [5.41, 5.74) is 0.484. The molecule has 10 heteroatoms. The van der Waals surface area contributed by atoms with Gasteiger partial charge in [0, 0.05) is 4.75 Å². The number of nitrogens with zero attached hydrogens (tertiary/aromatic N) is 4. The molecule has 2 aliphatic heterocycles. The minimum absolute atomic E-state index is 0.212. The Bertz CT molecular complexity index is 828. The Kier molecular flexibility index (Phi) is 3.96. The van der Waals surface area contributed by atoms with Crippen molar-refractivity contribution >= 4 is 23.6 Å². The molecule has 2 aromatic rings. The molecule has 3 heterocycles. The highest BCUT2D eigenvalue weighted by Crippen LogP contribution is 2.56. The fraction of sp³-hybridized carbons (Fsp3) is 0.438. The van der Waals surface area contributed by atoms with Crippen LogP contribution < -0.4 is 5.32 Å². The molecule has 4 rings (SSSR count). The number of tetrazole rings is 1. The van der Waals surface area contributed by atoms with Crippen LogP contribution in [0.4, 0.5) is 0 Å². The number of rotatable bonds is 4. The molecule has 0 aliphatic carbocycles. The number of fused-ring (bicyclic) bond motifs is 1. The van der Waals surface area contributed by atoms with Gasteiger partial charge in [0.25, 0.3) is 5.91 Å². The maximum atomic E-state index is 12.7. The lowest BCUT2D eigenvalue weighted by molar-refractivity contribution is -0.153. The van der Waals surface area contributed by atoms with E-state index in [-0.39, 0.29) is 22.1 Å². The Morgan fingerprint density at radius 3 is 2.77 bits per heavy atom. The van der Waals surface area contributed by atoms with Gasteiger partial charge in [-0.25, -0.2) is 0 Å². The van der Waals surface area contributed by atoms with Crippen LogP contribution >= 0.6 is 11.8 Å². The highest BCUT2D eigenvalue weighted by atomic mass is 32.2. The fourth-order valence-corrected chi connectivity index (χ4v) is 5.10. The first-order valence-electron chi connectivity index (χ1n) is 8.17. The number of hydrogen-bond donors (Lipinski definition) is 3. The summed E-state index contributed by atoms with van der Waals surface area (Å²) in [5.74, 6) is -0.348. The Labute approximate surface area is 153 Å². The fourth-order valence-electron chi connectivity index (χ4n) is 3.47. The highest BCUT2D eigenvalue weighted by Gasteiger charge is 2.63. The summed E-state index contributed by atoms with van der Waals surface area (Å²) < 4.78 is -0.332. The average molecular weight is 374 g/mol. The Morgan fingerprint density at radius 2 is 2.12 bits per heavy atom. The van der Waals surface area contributed by atoms with Crippen molar-refractivity contribution in [2.45, 2.75) is 42.2 Å². The number of hydrogen-bond acceptors (Lipinski definition) is 7. The van der Waals surface area contributed by atoms with Gasteiger partial charge in [0.2, 0.25) is 5.91 Å². The largest absolute Gasteiger partial charge is 0.378 e. The lowest BCUT2D eigenvalue weighted by atomic mass is 9.95. The maximum Gasteiger partial charge on any atom is 0.254 e. The van der Waals surface area contributed by atoms with E-state index in [2.05, 4.69) is 25.9 Å². The van der Waals surface area contributed by atoms with Crippen LogP contribution in [0, 0.1) is 0 Å². The van der Waals surface area contributed by atoms with Crippen LogP contribution in [0.1, 0.15) is 37.4 Å². The molecule has 2 fully saturated rings. The van der Waals surface area contributed by atoms with Crippen molar-refractivity contribution in [1.29, 1.82) is 0 Å². The summed E-state index contributed by atoms with van der Waals surface area (Å²) in [7, 11) is 0. The molecule has 2 aliphatic rings. The molecule has 26 heavy (non-hydrogen) atoms. The smallest absolute Gasteiger partial charge is 0.254 e. The number of benzene rings is 1. The van der Waals surface area contributed by atoms with Crippen LogP contribution in [0.3, 0.4) is 0 Å². The van der Waals surface area contributed by atoms with E-state index in [0.717, 1.165) is 0 Å². The molecule has 0 spiro atoms. The number of H-pyrrole nitrogens is 1. The van der Waals surface area contributed by atoms with Gasteiger partial charge in [-0.15, -0.1) is 22.0 Å². The molecule has 1 aromatic heterocycles. The second kappa shape index (κ2) is 6.06. The zero-order valence-corrected chi connectivity index (χ0v) is 15.0. The number of carbonyl (C=O) groups excluding carboxylic acids is 2. The number of aromatic amines is 1. The van der Waals surface area contributed by atoms with Crippen molar-refractivity contribution in [2.24, 2.45) is 0 Å². The molecule has 136 valence electrons. The second-order valence-electron chi connectivity index (χ2n) is 6.83. The van der Waals surface area contributed by atoms with E-state index in [9.17, 15) is 14.7 Å². The maximum absolute atomic E-state index is 12.7. The summed E-state index contributed by atoms with van der Waals surface area (Å²) >= 11 is 1.57. The number of thioether (sulfide) groups is 1. The molecule has 0 saturated carbocycles. The van der Waals surface area contributed by atoms with E-state index in [1.165, 1.54) is 0 Å². The van der Waals surface area contributed by atoms with Gasteiger partial charge < -0.3 is 15.3 Å². The van der Waals surface area contributed by atoms with Crippen molar-refractivity contribution in [1.82, 2.24) is 30.8 Å². The van der Waals surface area contributed by atoms with E-state index >= 15 is 0 Å². The van der Waals surface area contributed by atoms with Gasteiger partial charge in [-0.2, -0.15) is 5.21 Å². The first kappa shape index (κ1) is 17.0. The molecule has 3 unspecified atom stereocenters. The minimum Gasteiger partial charge on any atom is -0.378 e. The molecule has 9 nitrogen and oxygen atoms in total. The van der Waals surface area contributed by atoms with Gasteiger partial charge in [-0.1, -0.05) is 35.5 Å². The number of carbonyl (C=O) groups is 2. The molecule has 4 atom stereocenters. The van der Waals surface area contributed by atoms with Gasteiger partial charge in [-0.05, 0) is 19.4 Å². The van der Waals surface area contributed by atoms with Crippen LogP contribution in [0.5, 0.6) is 0 Å². The van der Waals surface area contributed by atoms with Gasteiger partial charge in [-0.3, -0.25) is 9.59 Å². The van der Waals surface area contributed by atoms with Crippen molar-refractivity contribution < 1.29 is 14.7 Å². The number of aliphatic hydroxyl groups is 1. The number of aromatic nitrogens is 4. The monoisotopic (exact) mass is 374 g/mol. The molecule has 2 amide bonds. The SMILES string of the molecule is CC1(C)S[C@H]2C(NC(=O)C(O)c3ccccc3)C(=O)N2C1c1nn[nH]n1. The lowest BCUT2D eigenvalue weighted by Crippen LogP contribution is -2.68. The molecule has 1 aromatic carbocycles. The zero-order chi connectivity index (χ0) is 18.5. The summed E-state index contributed by atoms with van der Waals surface area (Å²) in [5, 5.41) is 26.7. The van der Waals surface area contributed by atoms with Crippen LogP contribution in [0.25, 0.3) is 0 Å². The molecular weight excluding hydrogens is 356 g/mol. The van der Waals surface area contributed by atoms with Gasteiger partial charge in [0.15, 0.2) is 11.9 Å². The zero-order valence-electron chi connectivity index (χ0n) is 14.2. The second-order valence-corrected chi connectivity index (χ2v) is 8.60. The first-order valence-corrected chi connectivity index (χ1v) is 9.05. The normalized spacial score (nSPS) is 27.6. The van der Waals surface area contributed by atoms with Crippen LogP contribution in [0.2, 0.25) is 0 Å². The minimum atomic E-state index is -1.31. The third-order valence-corrected chi connectivity index (χ3v) is 6.28. The van der Waals surface area contributed by atoms with E-state index in [4.69, 9.17) is 0 Å². The summed E-state index contributed by atoms with van der Waals surface area (Å²) in [4.78, 5) is 26.7. The van der Waals surface area contributed by atoms with Crippen molar-refractivity contribution in [3.05, 3.63) is 41.7 Å². The van der Waals surface area contributed by atoms with Crippen molar-refractivity contribution in [2.75, 3.05) is 0 Å². The summed E-state index contributed by atoms with van der Waals surface area (Å²) in [6, 6.07) is 7.62. The number of nitrogens with one attached hydrogen (secondary N) is 2. The molecule has 3 N–H and O–H groups in total. The Hall–Kier alpha value is -2.46. The molecule has 2 saturated heterocycles. The summed E-state index contributed by atoms with van der Waals surface area (Å²) in [6.45, 7) is 4.00. The lowest BCUT2D eigenvalue weighted by Gasteiger charge is -2.44. The van der Waals surface area contributed by atoms with E-state index in [1.807, 2.05) is 13.8 Å². The molecule has 0 radical (unpaired) electrons. The summed E-state index contributed by atoms with van der Waals surface area (Å²) in [6.07, 6.45) is -1.31. The predicted octanol–water partition coefficient (Wildman–Crippen LogP) is 0.153. The molecule has 0 bridgehead atoms. The Morgan fingerprint density at radius 1 is 1.38 bits per heavy atom. The number of β-lactam (4-membered cyclic amide) rings is 1. The number of aliphatic hydroxyl groups excluding tert-OH is 1. The predicted molar refractivity (Wildman–Crippen MR) is 92.6 cm³/mol. The van der Waals surface area contributed by atoms with Crippen molar-refractivity contribution in [3.63, 3.8) is 0 Å². The first-order chi connectivity index (χ1) is 12.4.